The average Bonchev–Trinajstić information content (AvgIpc) is 2.77. The second-order valence-corrected chi connectivity index (χ2v) is 5.43. The molecule has 2 aromatic heterocycles. The van der Waals surface area contributed by atoms with Crippen LogP contribution < -0.4 is 0 Å². The second kappa shape index (κ2) is 5.29. The van der Waals surface area contributed by atoms with Gasteiger partial charge in [-0.2, -0.15) is 0 Å². The number of hydrogen-bond donors (Lipinski definition) is 0. The quantitative estimate of drug-likeness (QED) is 0.656. The van der Waals surface area contributed by atoms with E-state index in [0.717, 1.165) is 23.5 Å². The Morgan fingerprint density at radius 3 is 2.65 bits per heavy atom. The lowest BCUT2D eigenvalue weighted by molar-refractivity contribution is 0.995. The van der Waals surface area contributed by atoms with E-state index in [1.165, 1.54) is 16.8 Å². The molecule has 0 aliphatic heterocycles. The van der Waals surface area contributed by atoms with E-state index in [4.69, 9.17) is 16.6 Å². The van der Waals surface area contributed by atoms with Crippen LogP contribution in [-0.4, -0.2) is 9.38 Å². The maximum absolute atomic E-state index is 6.16. The van der Waals surface area contributed by atoms with Gasteiger partial charge < -0.3 is 0 Å². The summed E-state index contributed by atoms with van der Waals surface area (Å²) >= 11 is 6.16. The van der Waals surface area contributed by atoms with Crippen LogP contribution in [0.5, 0.6) is 0 Å². The van der Waals surface area contributed by atoms with Crippen LogP contribution in [0.25, 0.3) is 5.65 Å². The maximum Gasteiger partial charge on any atom is 0.137 e. The zero-order chi connectivity index (χ0) is 14.1. The van der Waals surface area contributed by atoms with E-state index in [0.29, 0.717) is 5.88 Å². The molecule has 0 amide bonds. The Labute approximate surface area is 124 Å². The number of halogens is 1. The lowest BCUT2D eigenvalue weighted by Crippen LogP contribution is -1.98. The van der Waals surface area contributed by atoms with Crippen LogP contribution in [0.4, 0.5) is 0 Å². The molecule has 0 saturated carbocycles. The van der Waals surface area contributed by atoms with Crippen molar-refractivity contribution in [2.75, 3.05) is 0 Å². The largest absolute Gasteiger partial charge is 0.300 e. The van der Waals surface area contributed by atoms with E-state index in [1.54, 1.807) is 0 Å². The Hall–Kier alpha value is -1.80. The van der Waals surface area contributed by atoms with Crippen molar-refractivity contribution in [3.8, 4) is 0 Å². The molecule has 0 N–H and O–H groups in total. The number of hydrogen-bond acceptors (Lipinski definition) is 1. The van der Waals surface area contributed by atoms with Crippen molar-refractivity contribution >= 4 is 17.2 Å². The van der Waals surface area contributed by atoms with Crippen molar-refractivity contribution in [1.82, 2.24) is 9.38 Å². The van der Waals surface area contributed by atoms with E-state index in [9.17, 15) is 0 Å². The first-order valence-corrected chi connectivity index (χ1v) is 7.30. The first-order chi connectivity index (χ1) is 9.69. The molecule has 20 heavy (non-hydrogen) atoms. The van der Waals surface area contributed by atoms with Crippen molar-refractivity contribution in [1.29, 1.82) is 0 Å². The van der Waals surface area contributed by atoms with Crippen LogP contribution in [0, 0.1) is 13.8 Å². The number of pyridine rings is 1. The number of imidazole rings is 1. The Balaban J connectivity index is 2.10. The van der Waals surface area contributed by atoms with Crippen LogP contribution in [-0.2, 0) is 12.3 Å². The van der Waals surface area contributed by atoms with Gasteiger partial charge in [-0.1, -0.05) is 35.9 Å². The highest BCUT2D eigenvalue weighted by Crippen LogP contribution is 2.20. The molecule has 3 heteroatoms. The predicted octanol–water partition coefficient (Wildman–Crippen LogP) is 4.28. The minimum Gasteiger partial charge on any atom is -0.300 e. The topological polar surface area (TPSA) is 17.3 Å². The maximum atomic E-state index is 6.16. The highest BCUT2D eigenvalue weighted by Gasteiger charge is 2.13. The van der Waals surface area contributed by atoms with Gasteiger partial charge in [-0.15, -0.1) is 11.6 Å². The summed E-state index contributed by atoms with van der Waals surface area (Å²) in [5, 5.41) is 0. The fourth-order valence-corrected chi connectivity index (χ4v) is 2.94. The normalized spacial score (nSPS) is 11.2. The number of rotatable bonds is 3. The Kier molecular flexibility index (Phi) is 3.49. The minimum absolute atomic E-state index is 0.479. The molecule has 3 rings (SSSR count). The van der Waals surface area contributed by atoms with Gasteiger partial charge in [0.05, 0.1) is 17.3 Å². The molecular formula is C17H17ClN2. The SMILES string of the molecule is Cc1cccc(Cc2nc3cccc(C)n3c2CCl)c1. The van der Waals surface area contributed by atoms with Gasteiger partial charge in [0.25, 0.3) is 0 Å². The Morgan fingerprint density at radius 1 is 1.10 bits per heavy atom. The number of alkyl halides is 1. The molecule has 0 fully saturated rings. The fourth-order valence-electron chi connectivity index (χ4n) is 2.67. The highest BCUT2D eigenvalue weighted by molar-refractivity contribution is 6.17. The summed E-state index contributed by atoms with van der Waals surface area (Å²) in [7, 11) is 0. The molecule has 0 bridgehead atoms. The minimum atomic E-state index is 0.479. The highest BCUT2D eigenvalue weighted by atomic mass is 35.5. The van der Waals surface area contributed by atoms with E-state index < -0.39 is 0 Å². The molecule has 102 valence electrons. The van der Waals surface area contributed by atoms with E-state index in [-0.39, 0.29) is 0 Å². The molecule has 1 aromatic carbocycles. The van der Waals surface area contributed by atoms with Gasteiger partial charge in [-0.3, -0.25) is 4.40 Å². The summed E-state index contributed by atoms with van der Waals surface area (Å²) in [5.74, 6) is 0.479. The summed E-state index contributed by atoms with van der Waals surface area (Å²) in [4.78, 5) is 4.75. The Morgan fingerprint density at radius 2 is 1.90 bits per heavy atom. The van der Waals surface area contributed by atoms with Gasteiger partial charge in [0.1, 0.15) is 5.65 Å². The van der Waals surface area contributed by atoms with Gasteiger partial charge in [-0.25, -0.2) is 4.98 Å². The summed E-state index contributed by atoms with van der Waals surface area (Å²) in [6.07, 6.45) is 0.824. The standard InChI is InChI=1S/C17H17ClN2/c1-12-5-3-7-14(9-12)10-15-16(11-18)20-13(2)6-4-8-17(20)19-15/h3-9H,10-11H2,1-2H3. The number of aryl methyl sites for hydroxylation is 2. The van der Waals surface area contributed by atoms with Gasteiger partial charge in [0, 0.05) is 12.1 Å². The summed E-state index contributed by atoms with van der Waals surface area (Å²) in [6.45, 7) is 4.20. The monoisotopic (exact) mass is 284 g/mol. The molecule has 0 radical (unpaired) electrons. The lowest BCUT2D eigenvalue weighted by Gasteiger charge is -2.05. The van der Waals surface area contributed by atoms with E-state index in [1.807, 2.05) is 12.1 Å². The number of fused-ring (bicyclic) bond motifs is 1. The van der Waals surface area contributed by atoms with Crippen LogP contribution in [0.2, 0.25) is 0 Å². The van der Waals surface area contributed by atoms with Crippen LogP contribution >= 0.6 is 11.6 Å². The summed E-state index contributed by atoms with van der Waals surface area (Å²) in [5.41, 5.74) is 6.86. The molecule has 0 saturated heterocycles. The molecule has 0 aliphatic rings. The third-order valence-electron chi connectivity index (χ3n) is 3.60. The van der Waals surface area contributed by atoms with Crippen LogP contribution in [0.15, 0.2) is 42.5 Å². The molecule has 0 unspecified atom stereocenters. The zero-order valence-corrected chi connectivity index (χ0v) is 12.5. The molecule has 0 atom stereocenters. The Bertz CT molecular complexity index is 759. The van der Waals surface area contributed by atoms with Crippen molar-refractivity contribution in [2.45, 2.75) is 26.1 Å². The molecule has 2 nitrogen and oxygen atoms in total. The van der Waals surface area contributed by atoms with E-state index in [2.05, 4.69) is 48.6 Å². The van der Waals surface area contributed by atoms with Crippen molar-refractivity contribution in [3.05, 3.63) is 70.7 Å². The third kappa shape index (κ3) is 2.32. The van der Waals surface area contributed by atoms with Gasteiger partial charge >= 0.3 is 0 Å². The molecule has 0 spiro atoms. The fraction of sp³-hybridized carbons (Fsp3) is 0.235. The molecule has 2 heterocycles. The van der Waals surface area contributed by atoms with Crippen molar-refractivity contribution in [3.63, 3.8) is 0 Å². The first kappa shape index (κ1) is 13.2. The van der Waals surface area contributed by atoms with Gasteiger partial charge in [0.15, 0.2) is 0 Å². The molecule has 3 aromatic rings. The second-order valence-electron chi connectivity index (χ2n) is 5.17. The smallest absolute Gasteiger partial charge is 0.137 e. The molecule has 0 aliphatic carbocycles. The lowest BCUT2D eigenvalue weighted by atomic mass is 10.1. The van der Waals surface area contributed by atoms with E-state index >= 15 is 0 Å². The number of nitrogens with zero attached hydrogens (tertiary/aromatic N) is 2. The predicted molar refractivity (Wildman–Crippen MR) is 83.5 cm³/mol. The third-order valence-corrected chi connectivity index (χ3v) is 3.85. The first-order valence-electron chi connectivity index (χ1n) is 6.76. The van der Waals surface area contributed by atoms with Crippen LogP contribution in [0.1, 0.15) is 28.2 Å². The van der Waals surface area contributed by atoms with Gasteiger partial charge in [0.2, 0.25) is 0 Å². The van der Waals surface area contributed by atoms with Crippen molar-refractivity contribution < 1.29 is 0 Å². The number of benzene rings is 1. The summed E-state index contributed by atoms with van der Waals surface area (Å²) in [6, 6.07) is 14.7. The van der Waals surface area contributed by atoms with Crippen molar-refractivity contribution in [2.24, 2.45) is 0 Å². The number of aromatic nitrogens is 2. The zero-order valence-electron chi connectivity index (χ0n) is 11.7. The van der Waals surface area contributed by atoms with Gasteiger partial charge in [-0.05, 0) is 31.5 Å². The summed E-state index contributed by atoms with van der Waals surface area (Å²) < 4.78 is 2.15. The van der Waals surface area contributed by atoms with Crippen LogP contribution in [0.3, 0.4) is 0 Å². The average molecular weight is 285 g/mol. The molecular weight excluding hydrogens is 268 g/mol.